The molecular weight excluding hydrogens is 374 g/mol. The Bertz CT molecular complexity index is 942. The number of hydrogen-bond acceptors (Lipinski definition) is 7. The van der Waals surface area contributed by atoms with Crippen LogP contribution in [0, 0.1) is 0 Å². The zero-order valence-electron chi connectivity index (χ0n) is 15.9. The Morgan fingerprint density at radius 3 is 2.64 bits per heavy atom. The Labute approximate surface area is 168 Å². The van der Waals surface area contributed by atoms with Crippen molar-refractivity contribution in [2.24, 2.45) is 0 Å². The van der Waals surface area contributed by atoms with Crippen molar-refractivity contribution >= 4 is 17.7 Å². The van der Waals surface area contributed by atoms with Crippen molar-refractivity contribution in [1.82, 2.24) is 19.9 Å². The van der Waals surface area contributed by atoms with Gasteiger partial charge in [0, 0.05) is 30.8 Å². The summed E-state index contributed by atoms with van der Waals surface area (Å²) in [7, 11) is 1.66. The van der Waals surface area contributed by atoms with Crippen molar-refractivity contribution < 1.29 is 9.26 Å². The van der Waals surface area contributed by atoms with Gasteiger partial charge < -0.3 is 14.2 Å². The van der Waals surface area contributed by atoms with Crippen LogP contribution < -0.4 is 9.64 Å². The molecule has 0 bridgehead atoms. The molecule has 0 amide bonds. The monoisotopic (exact) mass is 397 g/mol. The van der Waals surface area contributed by atoms with Crippen LogP contribution in [0.5, 0.6) is 5.75 Å². The predicted molar refractivity (Wildman–Crippen MR) is 108 cm³/mol. The number of benzene rings is 1. The van der Waals surface area contributed by atoms with Crippen LogP contribution in [0.25, 0.3) is 11.3 Å². The fraction of sp³-hybridized carbons (Fsp3) is 0.450. The molecule has 8 heteroatoms. The van der Waals surface area contributed by atoms with Gasteiger partial charge >= 0.3 is 0 Å². The SMILES string of the molecule is COc1ccc(-c2cc(CSc3nnc(N4CCCC4)n3C3CC3)on2)cc1. The van der Waals surface area contributed by atoms with E-state index in [-0.39, 0.29) is 0 Å². The normalized spacial score (nSPS) is 16.7. The summed E-state index contributed by atoms with van der Waals surface area (Å²) in [6.07, 6.45) is 4.92. The van der Waals surface area contributed by atoms with Gasteiger partial charge in [0.25, 0.3) is 0 Å². The first-order valence-electron chi connectivity index (χ1n) is 9.74. The topological polar surface area (TPSA) is 69.2 Å². The first-order valence-corrected chi connectivity index (χ1v) is 10.7. The molecule has 0 unspecified atom stereocenters. The molecule has 3 aromatic rings. The summed E-state index contributed by atoms with van der Waals surface area (Å²) < 4.78 is 13.1. The van der Waals surface area contributed by atoms with Crippen molar-refractivity contribution in [3.63, 3.8) is 0 Å². The Balaban J connectivity index is 1.29. The zero-order valence-corrected chi connectivity index (χ0v) is 16.7. The standard InChI is InChI=1S/C20H23N5O2S/c1-26-16-8-4-14(5-9-16)18-12-17(27-23-18)13-28-20-22-21-19(24-10-2-3-11-24)25(20)15-6-7-15/h4-5,8-9,12,15H,2-3,6-7,10-11,13H2,1H3. The maximum absolute atomic E-state index is 5.55. The lowest BCUT2D eigenvalue weighted by atomic mass is 10.1. The van der Waals surface area contributed by atoms with Crippen molar-refractivity contribution in [2.45, 2.75) is 42.6 Å². The first kappa shape index (κ1) is 17.6. The minimum atomic E-state index is 0.553. The van der Waals surface area contributed by atoms with E-state index in [0.29, 0.717) is 11.8 Å². The average molecular weight is 398 g/mol. The maximum Gasteiger partial charge on any atom is 0.228 e. The molecule has 1 aromatic carbocycles. The predicted octanol–water partition coefficient (Wildman–Crippen LogP) is 4.17. The van der Waals surface area contributed by atoms with Crippen LogP contribution in [0.2, 0.25) is 0 Å². The van der Waals surface area contributed by atoms with Crippen LogP contribution in [0.3, 0.4) is 0 Å². The molecule has 2 aromatic heterocycles. The number of rotatable bonds is 7. The lowest BCUT2D eigenvalue weighted by Gasteiger charge is -2.17. The maximum atomic E-state index is 5.55. The Morgan fingerprint density at radius 1 is 1.14 bits per heavy atom. The molecule has 28 heavy (non-hydrogen) atoms. The van der Waals surface area contributed by atoms with Crippen LogP contribution >= 0.6 is 11.8 Å². The van der Waals surface area contributed by atoms with Gasteiger partial charge in [0.15, 0.2) is 5.16 Å². The van der Waals surface area contributed by atoms with E-state index in [0.717, 1.165) is 47.0 Å². The largest absolute Gasteiger partial charge is 0.497 e. The van der Waals surface area contributed by atoms with Crippen LogP contribution in [0.4, 0.5) is 5.95 Å². The molecule has 0 radical (unpaired) electrons. The molecule has 1 saturated carbocycles. The highest BCUT2D eigenvalue weighted by atomic mass is 32.2. The summed E-state index contributed by atoms with van der Waals surface area (Å²) in [5.74, 6) is 3.40. The summed E-state index contributed by atoms with van der Waals surface area (Å²) in [5.41, 5.74) is 1.85. The second-order valence-electron chi connectivity index (χ2n) is 7.27. The third-order valence-corrected chi connectivity index (χ3v) is 6.20. The number of anilines is 1. The van der Waals surface area contributed by atoms with E-state index in [9.17, 15) is 0 Å². The molecule has 0 N–H and O–H groups in total. The molecule has 3 heterocycles. The third-order valence-electron chi connectivity index (χ3n) is 5.24. The first-order chi connectivity index (χ1) is 13.8. The second kappa shape index (κ2) is 7.50. The summed E-state index contributed by atoms with van der Waals surface area (Å²) in [6, 6.07) is 10.4. The van der Waals surface area contributed by atoms with E-state index in [1.165, 1.54) is 25.7 Å². The third kappa shape index (κ3) is 3.48. The Kier molecular flexibility index (Phi) is 4.72. The number of methoxy groups -OCH3 is 1. The fourth-order valence-corrected chi connectivity index (χ4v) is 4.44. The molecule has 1 aliphatic carbocycles. The molecule has 146 valence electrons. The second-order valence-corrected chi connectivity index (χ2v) is 8.22. The van der Waals surface area contributed by atoms with E-state index in [1.54, 1.807) is 18.9 Å². The highest BCUT2D eigenvalue weighted by molar-refractivity contribution is 7.98. The van der Waals surface area contributed by atoms with E-state index in [4.69, 9.17) is 9.26 Å². The molecule has 0 spiro atoms. The molecule has 7 nitrogen and oxygen atoms in total. The summed E-state index contributed by atoms with van der Waals surface area (Å²) in [4.78, 5) is 2.37. The molecule has 2 aliphatic rings. The summed E-state index contributed by atoms with van der Waals surface area (Å²) >= 11 is 1.67. The van der Waals surface area contributed by atoms with Crippen LogP contribution in [-0.4, -0.2) is 40.1 Å². The van der Waals surface area contributed by atoms with Gasteiger partial charge in [-0.15, -0.1) is 10.2 Å². The fourth-order valence-electron chi connectivity index (χ4n) is 3.57. The van der Waals surface area contributed by atoms with Gasteiger partial charge in [0.05, 0.1) is 12.9 Å². The molecule has 0 atom stereocenters. The van der Waals surface area contributed by atoms with E-state index in [1.807, 2.05) is 30.3 Å². The van der Waals surface area contributed by atoms with Gasteiger partial charge in [-0.2, -0.15) is 0 Å². The zero-order chi connectivity index (χ0) is 18.9. The van der Waals surface area contributed by atoms with Gasteiger partial charge in [-0.25, -0.2) is 0 Å². The summed E-state index contributed by atoms with van der Waals surface area (Å²) in [6.45, 7) is 2.17. The minimum Gasteiger partial charge on any atom is -0.497 e. The van der Waals surface area contributed by atoms with Gasteiger partial charge in [0.1, 0.15) is 17.2 Å². The lowest BCUT2D eigenvalue weighted by molar-refractivity contribution is 0.397. The van der Waals surface area contributed by atoms with Gasteiger partial charge in [-0.3, -0.25) is 4.57 Å². The van der Waals surface area contributed by atoms with E-state index >= 15 is 0 Å². The highest BCUT2D eigenvalue weighted by Crippen LogP contribution is 2.42. The van der Waals surface area contributed by atoms with Crippen LogP contribution in [0.1, 0.15) is 37.5 Å². The molecule has 1 saturated heterocycles. The number of aromatic nitrogens is 4. The minimum absolute atomic E-state index is 0.553. The van der Waals surface area contributed by atoms with E-state index < -0.39 is 0 Å². The van der Waals surface area contributed by atoms with Crippen molar-refractivity contribution in [3.8, 4) is 17.0 Å². The molecule has 1 aliphatic heterocycles. The molecule has 5 rings (SSSR count). The smallest absolute Gasteiger partial charge is 0.228 e. The average Bonchev–Trinajstić information content (AvgIpc) is 3.16. The Hall–Kier alpha value is -2.48. The van der Waals surface area contributed by atoms with Crippen LogP contribution in [-0.2, 0) is 5.75 Å². The Morgan fingerprint density at radius 2 is 1.93 bits per heavy atom. The van der Waals surface area contributed by atoms with Crippen molar-refractivity contribution in [2.75, 3.05) is 25.1 Å². The summed E-state index contributed by atoms with van der Waals surface area (Å²) in [5, 5.41) is 14.2. The highest BCUT2D eigenvalue weighted by Gasteiger charge is 2.32. The van der Waals surface area contributed by atoms with Gasteiger partial charge in [-0.05, 0) is 49.9 Å². The quantitative estimate of drug-likeness (QED) is 0.554. The number of nitrogens with zero attached hydrogens (tertiary/aromatic N) is 5. The van der Waals surface area contributed by atoms with Crippen LogP contribution in [0.15, 0.2) is 40.0 Å². The van der Waals surface area contributed by atoms with Crippen molar-refractivity contribution in [1.29, 1.82) is 0 Å². The number of ether oxygens (including phenoxy) is 1. The molecule has 2 fully saturated rings. The van der Waals surface area contributed by atoms with E-state index in [2.05, 4.69) is 24.8 Å². The number of hydrogen-bond donors (Lipinski definition) is 0. The van der Waals surface area contributed by atoms with Crippen molar-refractivity contribution in [3.05, 3.63) is 36.1 Å². The van der Waals surface area contributed by atoms with Gasteiger partial charge in [0.2, 0.25) is 5.95 Å². The lowest BCUT2D eigenvalue weighted by Crippen LogP contribution is -2.22. The number of thioether (sulfide) groups is 1. The molecular formula is C20H23N5O2S. The van der Waals surface area contributed by atoms with Gasteiger partial charge in [-0.1, -0.05) is 16.9 Å².